The lowest BCUT2D eigenvalue weighted by molar-refractivity contribution is -0.138. The Balaban J connectivity index is 2.19. The summed E-state index contributed by atoms with van der Waals surface area (Å²) in [6, 6.07) is 1.72. The number of hydrogen-bond donors (Lipinski definition) is 1. The number of nitrogens with one attached hydrogen (secondary N) is 1. The molecule has 0 radical (unpaired) electrons. The van der Waals surface area contributed by atoms with E-state index in [1.54, 1.807) is 17.9 Å². The molecule has 1 aliphatic rings. The van der Waals surface area contributed by atoms with E-state index in [2.05, 4.69) is 10.5 Å². The minimum Gasteiger partial charge on any atom is -0.364 e. The molecule has 1 aliphatic heterocycles. The Morgan fingerprint density at radius 1 is 1.56 bits per heavy atom. The summed E-state index contributed by atoms with van der Waals surface area (Å²) in [5.41, 5.74) is -0.131. The highest BCUT2D eigenvalue weighted by molar-refractivity contribution is 5.93. The predicted octanol–water partition coefficient (Wildman–Crippen LogP) is 0.692. The van der Waals surface area contributed by atoms with E-state index in [0.717, 1.165) is 0 Å². The van der Waals surface area contributed by atoms with Gasteiger partial charge in [-0.1, -0.05) is 12.1 Å². The number of rotatable bonds is 3. The lowest BCUT2D eigenvalue weighted by atomic mass is 9.97. The van der Waals surface area contributed by atoms with Crippen LogP contribution < -0.4 is 5.32 Å². The van der Waals surface area contributed by atoms with Crippen molar-refractivity contribution in [2.75, 3.05) is 6.54 Å². The summed E-state index contributed by atoms with van der Waals surface area (Å²) in [7, 11) is 0. The zero-order valence-electron chi connectivity index (χ0n) is 10.6. The van der Waals surface area contributed by atoms with E-state index >= 15 is 0 Å². The van der Waals surface area contributed by atoms with E-state index in [-0.39, 0.29) is 11.8 Å². The Morgan fingerprint density at radius 3 is 2.94 bits per heavy atom. The van der Waals surface area contributed by atoms with Crippen LogP contribution >= 0.6 is 0 Å². The number of hydrogen-bond acceptors (Lipinski definition) is 4. The molecular weight excluding hydrogens is 234 g/mol. The number of carbonyl (C=O) groups excluding carboxylic acids is 2. The third-order valence-electron chi connectivity index (χ3n) is 3.33. The molecule has 6 heteroatoms. The Morgan fingerprint density at radius 2 is 2.33 bits per heavy atom. The first-order chi connectivity index (χ1) is 8.55. The summed E-state index contributed by atoms with van der Waals surface area (Å²) in [6.07, 6.45) is 2.35. The van der Waals surface area contributed by atoms with Crippen LogP contribution in [0.4, 0.5) is 0 Å². The first-order valence-electron chi connectivity index (χ1n) is 6.05. The monoisotopic (exact) mass is 251 g/mol. The quantitative estimate of drug-likeness (QED) is 0.857. The predicted molar refractivity (Wildman–Crippen MR) is 63.4 cm³/mol. The fourth-order valence-corrected chi connectivity index (χ4v) is 2.02. The van der Waals surface area contributed by atoms with Gasteiger partial charge in [-0.2, -0.15) is 0 Å². The molecule has 0 spiro atoms. The standard InChI is InChI=1S/C12H17N3O3/c1-3-12(2)11(17)15(6-4-10(16)13-12)8-9-5-7-18-14-9/h5,7H,3-4,6,8H2,1-2H3,(H,13,16). The zero-order valence-corrected chi connectivity index (χ0v) is 10.6. The van der Waals surface area contributed by atoms with E-state index < -0.39 is 5.54 Å². The van der Waals surface area contributed by atoms with E-state index in [1.165, 1.54) is 6.26 Å². The fraction of sp³-hybridized carbons (Fsp3) is 0.583. The van der Waals surface area contributed by atoms with Crippen molar-refractivity contribution in [3.05, 3.63) is 18.0 Å². The molecule has 1 aromatic rings. The number of nitrogens with zero attached hydrogens (tertiary/aromatic N) is 2. The molecule has 18 heavy (non-hydrogen) atoms. The van der Waals surface area contributed by atoms with Gasteiger partial charge in [0.25, 0.3) is 0 Å². The van der Waals surface area contributed by atoms with Crippen LogP contribution in [-0.2, 0) is 16.1 Å². The van der Waals surface area contributed by atoms with Gasteiger partial charge >= 0.3 is 0 Å². The molecule has 1 saturated heterocycles. The smallest absolute Gasteiger partial charge is 0.248 e. The van der Waals surface area contributed by atoms with Crippen molar-refractivity contribution >= 4 is 11.8 Å². The molecule has 2 amide bonds. The van der Waals surface area contributed by atoms with Crippen molar-refractivity contribution in [3.8, 4) is 0 Å². The largest absolute Gasteiger partial charge is 0.364 e. The highest BCUT2D eigenvalue weighted by Crippen LogP contribution is 2.19. The molecule has 98 valence electrons. The van der Waals surface area contributed by atoms with Crippen LogP contribution in [0.5, 0.6) is 0 Å². The lowest BCUT2D eigenvalue weighted by Crippen LogP contribution is -2.54. The highest BCUT2D eigenvalue weighted by Gasteiger charge is 2.39. The summed E-state index contributed by atoms with van der Waals surface area (Å²) < 4.78 is 4.75. The van der Waals surface area contributed by atoms with E-state index in [9.17, 15) is 9.59 Å². The summed E-state index contributed by atoms with van der Waals surface area (Å²) in [5.74, 6) is -0.158. The first-order valence-corrected chi connectivity index (χ1v) is 6.05. The summed E-state index contributed by atoms with van der Waals surface area (Å²) in [6.45, 7) is 4.43. The van der Waals surface area contributed by atoms with Crippen molar-refractivity contribution < 1.29 is 14.1 Å². The molecule has 6 nitrogen and oxygen atoms in total. The second-order valence-corrected chi connectivity index (χ2v) is 4.70. The Kier molecular flexibility index (Phi) is 3.36. The summed E-state index contributed by atoms with van der Waals surface area (Å²) >= 11 is 0. The van der Waals surface area contributed by atoms with Gasteiger partial charge < -0.3 is 14.7 Å². The van der Waals surface area contributed by atoms with Crippen LogP contribution in [0.2, 0.25) is 0 Å². The van der Waals surface area contributed by atoms with Crippen molar-refractivity contribution in [1.29, 1.82) is 0 Å². The Labute approximate surface area is 105 Å². The molecule has 1 aromatic heterocycles. The van der Waals surface area contributed by atoms with Crippen molar-refractivity contribution in [2.24, 2.45) is 0 Å². The minimum absolute atomic E-state index is 0.0705. The Bertz CT molecular complexity index is 443. The van der Waals surface area contributed by atoms with Gasteiger partial charge in [-0.15, -0.1) is 0 Å². The second kappa shape index (κ2) is 4.80. The Hall–Kier alpha value is -1.85. The van der Waals surface area contributed by atoms with Gasteiger partial charge in [0.05, 0.1) is 6.54 Å². The van der Waals surface area contributed by atoms with E-state index in [1.807, 2.05) is 6.92 Å². The van der Waals surface area contributed by atoms with Crippen LogP contribution in [0.3, 0.4) is 0 Å². The normalized spacial score (nSPS) is 24.9. The summed E-state index contributed by atoms with van der Waals surface area (Å²) in [4.78, 5) is 25.7. The first kappa shape index (κ1) is 12.6. The van der Waals surface area contributed by atoms with Crippen LogP contribution in [0, 0.1) is 0 Å². The van der Waals surface area contributed by atoms with Crippen molar-refractivity contribution in [2.45, 2.75) is 38.8 Å². The zero-order chi connectivity index (χ0) is 13.2. The topological polar surface area (TPSA) is 75.4 Å². The van der Waals surface area contributed by atoms with Crippen LogP contribution in [0.25, 0.3) is 0 Å². The van der Waals surface area contributed by atoms with Gasteiger partial charge in [-0.05, 0) is 13.3 Å². The average molecular weight is 251 g/mol. The van der Waals surface area contributed by atoms with Gasteiger partial charge in [0.15, 0.2) is 0 Å². The minimum atomic E-state index is -0.822. The van der Waals surface area contributed by atoms with E-state index in [4.69, 9.17) is 4.52 Å². The molecule has 2 rings (SSSR count). The van der Waals surface area contributed by atoms with Crippen molar-refractivity contribution in [1.82, 2.24) is 15.4 Å². The van der Waals surface area contributed by atoms with Crippen LogP contribution in [-0.4, -0.2) is 34.0 Å². The van der Waals surface area contributed by atoms with E-state index in [0.29, 0.717) is 31.6 Å². The molecule has 1 atom stereocenters. The molecule has 1 fully saturated rings. The highest BCUT2D eigenvalue weighted by atomic mass is 16.5. The van der Waals surface area contributed by atoms with Gasteiger partial charge in [0.2, 0.25) is 11.8 Å². The maximum Gasteiger partial charge on any atom is 0.248 e. The SMILES string of the molecule is CCC1(C)NC(=O)CCN(Cc2ccon2)C1=O. The maximum atomic E-state index is 12.4. The number of carbonyl (C=O) groups is 2. The molecule has 2 heterocycles. The van der Waals surface area contributed by atoms with Crippen molar-refractivity contribution in [3.63, 3.8) is 0 Å². The molecular formula is C12H17N3O3. The molecule has 1 N–H and O–H groups in total. The fourth-order valence-electron chi connectivity index (χ4n) is 2.02. The average Bonchev–Trinajstić information content (AvgIpc) is 2.82. The van der Waals surface area contributed by atoms with Gasteiger partial charge in [-0.25, -0.2) is 0 Å². The molecule has 0 saturated carbocycles. The van der Waals surface area contributed by atoms with Gasteiger partial charge in [-0.3, -0.25) is 9.59 Å². The third kappa shape index (κ3) is 2.37. The van der Waals surface area contributed by atoms with Gasteiger partial charge in [0.1, 0.15) is 17.5 Å². The maximum absolute atomic E-state index is 12.4. The molecule has 1 unspecified atom stereocenters. The number of aromatic nitrogens is 1. The summed E-state index contributed by atoms with van der Waals surface area (Å²) in [5, 5.41) is 6.58. The van der Waals surface area contributed by atoms with Crippen LogP contribution in [0.1, 0.15) is 32.4 Å². The second-order valence-electron chi connectivity index (χ2n) is 4.70. The van der Waals surface area contributed by atoms with Gasteiger partial charge in [0, 0.05) is 19.0 Å². The third-order valence-corrected chi connectivity index (χ3v) is 3.33. The molecule has 0 aromatic carbocycles. The lowest BCUT2D eigenvalue weighted by Gasteiger charge is -2.30. The molecule has 0 aliphatic carbocycles. The van der Waals surface area contributed by atoms with Crippen LogP contribution in [0.15, 0.2) is 16.9 Å². The number of amides is 2. The molecule has 0 bridgehead atoms.